The van der Waals surface area contributed by atoms with Crippen molar-refractivity contribution < 1.29 is 8.42 Å². The first-order valence-corrected chi connectivity index (χ1v) is 11.9. The summed E-state index contributed by atoms with van der Waals surface area (Å²) in [7, 11) is -1.68. The predicted octanol–water partition coefficient (Wildman–Crippen LogP) is 2.06. The van der Waals surface area contributed by atoms with Gasteiger partial charge in [-0.2, -0.15) is 9.40 Å². The SMILES string of the molecule is CN=C(NCCCn1cccn1)NCc1ccc(S(=O)(=O)N2CCCC(C)C2)cc1. The molecule has 1 fully saturated rings. The summed E-state index contributed by atoms with van der Waals surface area (Å²) in [5.41, 5.74) is 1.00. The van der Waals surface area contributed by atoms with Crippen LogP contribution in [0.15, 0.2) is 52.6 Å². The minimum Gasteiger partial charge on any atom is -0.356 e. The van der Waals surface area contributed by atoms with Gasteiger partial charge in [0.15, 0.2) is 5.96 Å². The molecule has 3 rings (SSSR count). The average molecular weight is 433 g/mol. The Kier molecular flexibility index (Phi) is 7.87. The summed E-state index contributed by atoms with van der Waals surface area (Å²) < 4.78 is 29.2. The van der Waals surface area contributed by atoms with Gasteiger partial charge in [0, 0.05) is 52.2 Å². The van der Waals surface area contributed by atoms with Crippen LogP contribution in [0.5, 0.6) is 0 Å². The van der Waals surface area contributed by atoms with Gasteiger partial charge in [-0.1, -0.05) is 19.1 Å². The fraction of sp³-hybridized carbons (Fsp3) is 0.524. The zero-order chi connectivity index (χ0) is 21.4. The van der Waals surface area contributed by atoms with Crippen LogP contribution < -0.4 is 10.6 Å². The number of aryl methyl sites for hydroxylation is 1. The third-order valence-electron chi connectivity index (χ3n) is 5.28. The first kappa shape index (κ1) is 22.3. The Morgan fingerprint density at radius 1 is 1.27 bits per heavy atom. The molecular formula is C21H32N6O2S. The summed E-state index contributed by atoms with van der Waals surface area (Å²) in [6.45, 7) is 5.52. The zero-order valence-electron chi connectivity index (χ0n) is 17.8. The first-order chi connectivity index (χ1) is 14.5. The summed E-state index contributed by atoms with van der Waals surface area (Å²) in [5.74, 6) is 1.13. The molecule has 1 atom stereocenters. The number of hydrogen-bond acceptors (Lipinski definition) is 4. The first-order valence-electron chi connectivity index (χ1n) is 10.5. The fourth-order valence-electron chi connectivity index (χ4n) is 3.58. The van der Waals surface area contributed by atoms with Crippen LogP contribution in [0.3, 0.4) is 0 Å². The quantitative estimate of drug-likeness (QED) is 0.378. The number of aromatic nitrogens is 2. The molecule has 2 heterocycles. The van der Waals surface area contributed by atoms with Crippen LogP contribution in [0, 0.1) is 5.92 Å². The lowest BCUT2D eigenvalue weighted by atomic mass is 10.0. The third kappa shape index (κ3) is 6.06. The van der Waals surface area contributed by atoms with Crippen molar-refractivity contribution in [2.24, 2.45) is 10.9 Å². The van der Waals surface area contributed by atoms with Crippen molar-refractivity contribution in [2.75, 3.05) is 26.7 Å². The number of benzene rings is 1. The van der Waals surface area contributed by atoms with Crippen LogP contribution in [0.4, 0.5) is 0 Å². The number of aliphatic imine (C=N–C) groups is 1. The maximum Gasteiger partial charge on any atom is 0.243 e. The van der Waals surface area contributed by atoms with Gasteiger partial charge in [-0.3, -0.25) is 9.67 Å². The van der Waals surface area contributed by atoms with Gasteiger partial charge in [0.05, 0.1) is 4.90 Å². The van der Waals surface area contributed by atoms with Crippen molar-refractivity contribution >= 4 is 16.0 Å². The van der Waals surface area contributed by atoms with Gasteiger partial charge in [-0.25, -0.2) is 8.42 Å². The molecular weight excluding hydrogens is 400 g/mol. The molecule has 2 N–H and O–H groups in total. The molecule has 0 aliphatic carbocycles. The lowest BCUT2D eigenvalue weighted by Gasteiger charge is -2.30. The Bertz CT molecular complexity index is 909. The van der Waals surface area contributed by atoms with E-state index in [1.807, 2.05) is 29.1 Å². The lowest BCUT2D eigenvalue weighted by molar-refractivity contribution is 0.281. The smallest absolute Gasteiger partial charge is 0.243 e. The van der Waals surface area contributed by atoms with E-state index in [-0.39, 0.29) is 0 Å². The molecule has 1 aliphatic heterocycles. The van der Waals surface area contributed by atoms with Gasteiger partial charge in [-0.15, -0.1) is 0 Å². The van der Waals surface area contributed by atoms with E-state index in [1.165, 1.54) is 0 Å². The Hall–Kier alpha value is -2.39. The Balaban J connectivity index is 1.47. The highest BCUT2D eigenvalue weighted by Crippen LogP contribution is 2.23. The second-order valence-electron chi connectivity index (χ2n) is 7.73. The van der Waals surface area contributed by atoms with E-state index in [1.54, 1.807) is 29.7 Å². The lowest BCUT2D eigenvalue weighted by Crippen LogP contribution is -2.39. The molecule has 1 saturated heterocycles. The number of nitrogens with one attached hydrogen (secondary N) is 2. The van der Waals surface area contributed by atoms with E-state index in [4.69, 9.17) is 0 Å². The maximum absolute atomic E-state index is 12.9. The van der Waals surface area contributed by atoms with Crippen molar-refractivity contribution in [1.29, 1.82) is 0 Å². The van der Waals surface area contributed by atoms with Crippen LogP contribution in [0.1, 0.15) is 31.7 Å². The molecule has 9 heteroatoms. The summed E-state index contributed by atoms with van der Waals surface area (Å²) in [5, 5.41) is 10.7. The van der Waals surface area contributed by atoms with E-state index in [9.17, 15) is 8.42 Å². The van der Waals surface area contributed by atoms with Gasteiger partial charge in [0.25, 0.3) is 0 Å². The molecule has 1 aromatic carbocycles. The van der Waals surface area contributed by atoms with Crippen molar-refractivity contribution in [3.05, 3.63) is 48.3 Å². The maximum atomic E-state index is 12.9. The van der Waals surface area contributed by atoms with Crippen LogP contribution in [-0.2, 0) is 23.1 Å². The number of piperidine rings is 1. The van der Waals surface area contributed by atoms with Gasteiger partial charge in [-0.05, 0) is 48.9 Å². The summed E-state index contributed by atoms with van der Waals surface area (Å²) in [6, 6.07) is 9.03. The Morgan fingerprint density at radius 3 is 2.73 bits per heavy atom. The van der Waals surface area contributed by atoms with Crippen molar-refractivity contribution in [3.8, 4) is 0 Å². The van der Waals surface area contributed by atoms with Crippen molar-refractivity contribution in [1.82, 2.24) is 24.7 Å². The van der Waals surface area contributed by atoms with E-state index in [2.05, 4.69) is 27.6 Å². The molecule has 164 valence electrons. The second kappa shape index (κ2) is 10.6. The van der Waals surface area contributed by atoms with Crippen LogP contribution >= 0.6 is 0 Å². The highest BCUT2D eigenvalue weighted by molar-refractivity contribution is 7.89. The molecule has 2 aromatic rings. The molecule has 8 nitrogen and oxygen atoms in total. The minimum atomic E-state index is -3.41. The van der Waals surface area contributed by atoms with E-state index in [0.717, 1.165) is 43.9 Å². The number of rotatable bonds is 8. The predicted molar refractivity (Wildman–Crippen MR) is 119 cm³/mol. The molecule has 30 heavy (non-hydrogen) atoms. The van der Waals surface area contributed by atoms with Crippen LogP contribution in [0.25, 0.3) is 0 Å². The molecule has 0 bridgehead atoms. The standard InChI is InChI=1S/C21H32N6O2S/c1-18-6-3-15-27(17-18)30(28,29)20-9-7-19(8-10-20)16-24-21(22-2)23-11-4-13-26-14-5-12-25-26/h5,7-10,12,14,18H,3-4,6,11,13,15-17H2,1-2H3,(H2,22,23,24). The van der Waals surface area contributed by atoms with E-state index in [0.29, 0.717) is 30.4 Å². The molecule has 0 amide bonds. The monoisotopic (exact) mass is 432 g/mol. The number of hydrogen-bond donors (Lipinski definition) is 2. The molecule has 0 spiro atoms. The summed E-state index contributed by atoms with van der Waals surface area (Å²) >= 11 is 0. The molecule has 1 aliphatic rings. The van der Waals surface area contributed by atoms with Crippen molar-refractivity contribution in [2.45, 2.75) is 44.2 Å². The number of guanidine groups is 1. The molecule has 1 aromatic heterocycles. The molecule has 1 unspecified atom stereocenters. The van der Waals surface area contributed by atoms with Crippen LogP contribution in [-0.4, -0.2) is 55.1 Å². The van der Waals surface area contributed by atoms with Gasteiger partial charge < -0.3 is 10.6 Å². The normalized spacial score (nSPS) is 18.3. The van der Waals surface area contributed by atoms with Crippen molar-refractivity contribution in [3.63, 3.8) is 0 Å². The van der Waals surface area contributed by atoms with Gasteiger partial charge >= 0.3 is 0 Å². The average Bonchev–Trinajstić information content (AvgIpc) is 3.27. The van der Waals surface area contributed by atoms with E-state index >= 15 is 0 Å². The van der Waals surface area contributed by atoms with Crippen LogP contribution in [0.2, 0.25) is 0 Å². The van der Waals surface area contributed by atoms with E-state index < -0.39 is 10.0 Å². The second-order valence-corrected chi connectivity index (χ2v) is 9.67. The highest BCUT2D eigenvalue weighted by atomic mass is 32.2. The topological polar surface area (TPSA) is 91.6 Å². The Labute approximate surface area is 179 Å². The highest BCUT2D eigenvalue weighted by Gasteiger charge is 2.28. The minimum absolute atomic E-state index is 0.362. The zero-order valence-corrected chi connectivity index (χ0v) is 18.6. The number of sulfonamides is 1. The number of nitrogens with zero attached hydrogens (tertiary/aromatic N) is 4. The summed E-state index contributed by atoms with van der Waals surface area (Å²) in [4.78, 5) is 4.59. The van der Waals surface area contributed by atoms with Gasteiger partial charge in [0.2, 0.25) is 10.0 Å². The summed E-state index contributed by atoms with van der Waals surface area (Å²) in [6.07, 6.45) is 6.68. The van der Waals surface area contributed by atoms with Gasteiger partial charge in [0.1, 0.15) is 0 Å². The fourth-order valence-corrected chi connectivity index (χ4v) is 5.18. The Morgan fingerprint density at radius 2 is 2.07 bits per heavy atom. The molecule has 0 radical (unpaired) electrons. The largest absolute Gasteiger partial charge is 0.356 e. The third-order valence-corrected chi connectivity index (χ3v) is 7.16. The molecule has 0 saturated carbocycles.